The molecule has 2 aromatic rings. The molecule has 0 spiro atoms. The van der Waals surface area contributed by atoms with Gasteiger partial charge in [-0.1, -0.05) is 30.3 Å². The van der Waals surface area contributed by atoms with Crippen molar-refractivity contribution in [3.8, 4) is 5.75 Å². The van der Waals surface area contributed by atoms with E-state index in [-0.39, 0.29) is 17.7 Å². The lowest BCUT2D eigenvalue weighted by Crippen LogP contribution is -2.47. The molecule has 1 amide bonds. The van der Waals surface area contributed by atoms with E-state index in [1.165, 1.54) is 30.0 Å². The summed E-state index contributed by atoms with van der Waals surface area (Å²) in [5.41, 5.74) is 2.27. The second-order valence-corrected chi connectivity index (χ2v) is 7.10. The van der Waals surface area contributed by atoms with Crippen molar-refractivity contribution < 1.29 is 22.7 Å². The SMILES string of the molecule is O=C1NC(c2ccccc2)CC2=Nc3ccc(OC(F)(F)F)cc3SC12. The highest BCUT2D eigenvalue weighted by atomic mass is 32.2. The number of nitrogens with zero attached hydrogens (tertiary/aromatic N) is 1. The van der Waals surface area contributed by atoms with Gasteiger partial charge in [0, 0.05) is 17.0 Å². The molecule has 2 atom stereocenters. The minimum absolute atomic E-state index is 0.159. The highest BCUT2D eigenvalue weighted by molar-refractivity contribution is 8.01. The maximum atomic E-state index is 12.5. The summed E-state index contributed by atoms with van der Waals surface area (Å²) >= 11 is 1.20. The number of ether oxygens (including phenoxy) is 1. The molecular formula is C18H13F3N2O2S. The van der Waals surface area contributed by atoms with E-state index in [1.54, 1.807) is 0 Å². The van der Waals surface area contributed by atoms with Gasteiger partial charge in [0.1, 0.15) is 11.0 Å². The van der Waals surface area contributed by atoms with Crippen molar-refractivity contribution in [3.05, 3.63) is 54.1 Å². The van der Waals surface area contributed by atoms with Crippen LogP contribution in [0.3, 0.4) is 0 Å². The van der Waals surface area contributed by atoms with Crippen LogP contribution in [0.5, 0.6) is 5.75 Å². The van der Waals surface area contributed by atoms with E-state index >= 15 is 0 Å². The first kappa shape index (κ1) is 17.0. The zero-order valence-electron chi connectivity index (χ0n) is 13.3. The highest BCUT2D eigenvalue weighted by Crippen LogP contribution is 2.43. The van der Waals surface area contributed by atoms with Crippen LogP contribution in [-0.2, 0) is 4.79 Å². The monoisotopic (exact) mass is 378 g/mol. The molecule has 1 fully saturated rings. The van der Waals surface area contributed by atoms with Gasteiger partial charge in [0.15, 0.2) is 0 Å². The Morgan fingerprint density at radius 2 is 1.92 bits per heavy atom. The summed E-state index contributed by atoms with van der Waals surface area (Å²) in [6.45, 7) is 0. The molecule has 26 heavy (non-hydrogen) atoms. The van der Waals surface area contributed by atoms with Gasteiger partial charge in [0.2, 0.25) is 5.91 Å². The Bertz CT molecular complexity index is 884. The van der Waals surface area contributed by atoms with E-state index in [4.69, 9.17) is 0 Å². The van der Waals surface area contributed by atoms with E-state index in [9.17, 15) is 18.0 Å². The van der Waals surface area contributed by atoms with Crippen LogP contribution in [0.2, 0.25) is 0 Å². The Balaban J connectivity index is 1.62. The molecule has 4 rings (SSSR count). The van der Waals surface area contributed by atoms with Crippen LogP contribution in [-0.4, -0.2) is 23.2 Å². The van der Waals surface area contributed by atoms with Crippen molar-refractivity contribution in [1.29, 1.82) is 0 Å². The Morgan fingerprint density at radius 3 is 2.65 bits per heavy atom. The molecule has 2 unspecified atom stereocenters. The quantitative estimate of drug-likeness (QED) is 0.843. The summed E-state index contributed by atoms with van der Waals surface area (Å²) < 4.78 is 41.1. The molecule has 0 aliphatic carbocycles. The molecule has 2 aliphatic heterocycles. The number of thioether (sulfide) groups is 1. The predicted octanol–water partition coefficient (Wildman–Crippen LogP) is 4.39. The maximum Gasteiger partial charge on any atom is 0.573 e. The van der Waals surface area contributed by atoms with Gasteiger partial charge >= 0.3 is 6.36 Å². The fourth-order valence-corrected chi connectivity index (χ4v) is 4.17. The van der Waals surface area contributed by atoms with Crippen LogP contribution < -0.4 is 10.1 Å². The van der Waals surface area contributed by atoms with Crippen molar-refractivity contribution >= 4 is 29.1 Å². The lowest BCUT2D eigenvalue weighted by atomic mass is 9.95. The van der Waals surface area contributed by atoms with Crippen molar-refractivity contribution in [1.82, 2.24) is 5.32 Å². The third kappa shape index (κ3) is 3.41. The van der Waals surface area contributed by atoms with Gasteiger partial charge in [0.25, 0.3) is 0 Å². The summed E-state index contributed by atoms with van der Waals surface area (Å²) in [4.78, 5) is 17.5. The summed E-state index contributed by atoms with van der Waals surface area (Å²) in [6, 6.07) is 13.4. The lowest BCUT2D eigenvalue weighted by Gasteiger charge is -2.33. The normalized spacial score (nSPS) is 22.0. The number of aliphatic imine (C=N–C) groups is 1. The summed E-state index contributed by atoms with van der Waals surface area (Å²) in [7, 11) is 0. The number of carbonyl (C=O) groups is 1. The second-order valence-electron chi connectivity index (χ2n) is 5.95. The molecule has 1 N–H and O–H groups in total. The third-order valence-electron chi connectivity index (χ3n) is 4.15. The minimum Gasteiger partial charge on any atom is -0.406 e. The summed E-state index contributed by atoms with van der Waals surface area (Å²) in [5, 5.41) is 2.43. The zero-order valence-corrected chi connectivity index (χ0v) is 14.1. The zero-order chi connectivity index (χ0) is 18.3. The standard InChI is InChI=1S/C18H13F3N2O2S/c19-18(20,21)25-11-6-7-12-15(8-11)26-16-14(22-12)9-13(23-17(16)24)10-4-2-1-3-5-10/h1-8,13,16H,9H2,(H,23,24). The number of nitrogens with one attached hydrogen (secondary N) is 1. The number of hydrogen-bond donors (Lipinski definition) is 1. The van der Waals surface area contributed by atoms with Crippen LogP contribution in [0.1, 0.15) is 18.0 Å². The van der Waals surface area contributed by atoms with Crippen molar-refractivity contribution in [3.63, 3.8) is 0 Å². The Labute approximate surface area is 151 Å². The first-order valence-corrected chi connectivity index (χ1v) is 8.76. The number of benzene rings is 2. The Hall–Kier alpha value is -2.48. The number of fused-ring (bicyclic) bond motifs is 2. The van der Waals surface area contributed by atoms with Crippen LogP contribution in [0.15, 0.2) is 58.4 Å². The number of amides is 1. The van der Waals surface area contributed by atoms with Crippen LogP contribution in [0, 0.1) is 0 Å². The van der Waals surface area contributed by atoms with Crippen LogP contribution >= 0.6 is 11.8 Å². The molecule has 0 saturated carbocycles. The number of halogens is 3. The molecule has 4 nitrogen and oxygen atoms in total. The fraction of sp³-hybridized carbons (Fsp3) is 0.222. The van der Waals surface area contributed by atoms with E-state index < -0.39 is 11.6 Å². The number of carbonyl (C=O) groups excluding carboxylic acids is 1. The Kier molecular flexibility index (Phi) is 4.14. The molecule has 2 aliphatic rings. The second kappa shape index (κ2) is 6.35. The molecule has 134 valence electrons. The molecule has 0 radical (unpaired) electrons. The molecule has 0 aromatic heterocycles. The molecule has 1 saturated heterocycles. The van der Waals surface area contributed by atoms with Gasteiger partial charge in [-0.15, -0.1) is 24.9 Å². The topological polar surface area (TPSA) is 50.7 Å². The van der Waals surface area contributed by atoms with E-state index in [1.807, 2.05) is 30.3 Å². The molecular weight excluding hydrogens is 365 g/mol. The predicted molar refractivity (Wildman–Crippen MR) is 91.8 cm³/mol. The number of alkyl halides is 3. The maximum absolute atomic E-state index is 12.5. The largest absolute Gasteiger partial charge is 0.573 e. The average molecular weight is 378 g/mol. The van der Waals surface area contributed by atoms with Gasteiger partial charge in [0.05, 0.1) is 11.7 Å². The number of piperidine rings is 1. The molecule has 2 heterocycles. The Morgan fingerprint density at radius 1 is 1.15 bits per heavy atom. The van der Waals surface area contributed by atoms with E-state index in [2.05, 4.69) is 15.0 Å². The van der Waals surface area contributed by atoms with Crippen molar-refractivity contribution in [2.24, 2.45) is 4.99 Å². The number of hydrogen-bond acceptors (Lipinski definition) is 4. The highest BCUT2D eigenvalue weighted by Gasteiger charge is 2.38. The number of rotatable bonds is 2. The lowest BCUT2D eigenvalue weighted by molar-refractivity contribution is -0.274. The third-order valence-corrected chi connectivity index (χ3v) is 5.45. The summed E-state index contributed by atoms with van der Waals surface area (Å²) in [5.74, 6) is -0.512. The van der Waals surface area contributed by atoms with Crippen molar-refractivity contribution in [2.45, 2.75) is 29.0 Å². The summed E-state index contributed by atoms with van der Waals surface area (Å²) in [6.07, 6.45) is -4.19. The molecule has 8 heteroatoms. The van der Waals surface area contributed by atoms with Gasteiger partial charge < -0.3 is 10.1 Å². The van der Waals surface area contributed by atoms with Crippen molar-refractivity contribution in [2.75, 3.05) is 0 Å². The molecule has 0 bridgehead atoms. The van der Waals surface area contributed by atoms with Gasteiger partial charge in [-0.2, -0.15) is 0 Å². The fourth-order valence-electron chi connectivity index (χ4n) is 3.04. The first-order chi connectivity index (χ1) is 12.4. The average Bonchev–Trinajstić information content (AvgIpc) is 2.60. The smallest absolute Gasteiger partial charge is 0.406 e. The molecule has 2 aromatic carbocycles. The van der Waals surface area contributed by atoms with E-state index in [0.29, 0.717) is 17.0 Å². The van der Waals surface area contributed by atoms with Crippen LogP contribution in [0.4, 0.5) is 18.9 Å². The van der Waals surface area contributed by atoms with E-state index in [0.717, 1.165) is 11.3 Å². The van der Waals surface area contributed by atoms with Gasteiger partial charge in [-0.05, 0) is 23.8 Å². The van der Waals surface area contributed by atoms with Crippen LogP contribution in [0.25, 0.3) is 0 Å². The van der Waals surface area contributed by atoms with Gasteiger partial charge in [-0.25, -0.2) is 0 Å². The minimum atomic E-state index is -4.76. The first-order valence-electron chi connectivity index (χ1n) is 7.88. The van der Waals surface area contributed by atoms with Gasteiger partial charge in [-0.3, -0.25) is 9.79 Å².